The van der Waals surface area contributed by atoms with Crippen molar-refractivity contribution in [2.45, 2.75) is 18.9 Å². The van der Waals surface area contributed by atoms with E-state index < -0.39 is 23.3 Å². The lowest BCUT2D eigenvalue weighted by atomic mass is 9.98. The zero-order valence-electron chi connectivity index (χ0n) is 16.6. The summed E-state index contributed by atoms with van der Waals surface area (Å²) in [6.45, 7) is 2.15. The number of hydrogen-bond donors (Lipinski definition) is 1. The van der Waals surface area contributed by atoms with Gasteiger partial charge in [0.2, 0.25) is 0 Å². The van der Waals surface area contributed by atoms with Gasteiger partial charge < -0.3 is 24.2 Å². The first-order valence-corrected chi connectivity index (χ1v) is 8.91. The molecule has 2 aromatic rings. The number of rotatable bonds is 6. The molecule has 0 aliphatic carbocycles. The highest BCUT2D eigenvalue weighted by Gasteiger charge is 2.38. The van der Waals surface area contributed by atoms with Gasteiger partial charge in [0, 0.05) is 39.3 Å². The molecule has 1 unspecified atom stereocenters. The van der Waals surface area contributed by atoms with E-state index in [1.54, 1.807) is 7.11 Å². The van der Waals surface area contributed by atoms with Crippen LogP contribution in [0.5, 0.6) is 17.2 Å². The summed E-state index contributed by atoms with van der Waals surface area (Å²) in [5.41, 5.74) is -0.0916. The zero-order valence-corrected chi connectivity index (χ0v) is 16.6. The maximum Gasteiger partial charge on any atom is 0.335 e. The number of ether oxygens (including phenoxy) is 3. The third kappa shape index (κ3) is 4.17. The molecule has 0 saturated carbocycles. The molecule has 1 atom stereocenters. The molecule has 0 radical (unpaired) electrons. The van der Waals surface area contributed by atoms with Crippen LogP contribution in [0.2, 0.25) is 0 Å². The number of benzene rings is 2. The Bertz CT molecular complexity index is 974. The van der Waals surface area contributed by atoms with E-state index in [-0.39, 0.29) is 22.6 Å². The number of fused-ring (bicyclic) bond motifs is 1. The summed E-state index contributed by atoms with van der Waals surface area (Å²) in [6.07, 6.45) is 0.436. The highest BCUT2D eigenvalue weighted by molar-refractivity contribution is 5.94. The first-order valence-electron chi connectivity index (χ1n) is 8.91. The fourth-order valence-corrected chi connectivity index (χ4v) is 3.26. The monoisotopic (exact) mass is 403 g/mol. The van der Waals surface area contributed by atoms with Crippen molar-refractivity contribution in [3.63, 3.8) is 0 Å². The Morgan fingerprint density at radius 1 is 1.28 bits per heavy atom. The third-order valence-electron chi connectivity index (χ3n) is 4.58. The summed E-state index contributed by atoms with van der Waals surface area (Å²) >= 11 is 0. The Morgan fingerprint density at radius 3 is 2.59 bits per heavy atom. The van der Waals surface area contributed by atoms with Crippen molar-refractivity contribution in [2.24, 2.45) is 0 Å². The molecule has 0 spiro atoms. The lowest BCUT2D eigenvalue weighted by Gasteiger charge is -2.22. The van der Waals surface area contributed by atoms with Gasteiger partial charge in [-0.05, 0) is 31.2 Å². The molecule has 1 amide bonds. The van der Waals surface area contributed by atoms with Gasteiger partial charge in [-0.2, -0.15) is 0 Å². The minimum Gasteiger partial charge on any atom is -0.484 e. The normalized spacial score (nSPS) is 17.4. The number of nitrogens with zero attached hydrogens (tertiary/aromatic N) is 1. The molecule has 0 bridgehead atoms. The highest BCUT2D eigenvalue weighted by atomic mass is 19.1. The minimum atomic E-state index is -1.14. The van der Waals surface area contributed by atoms with E-state index >= 15 is 0 Å². The smallest absolute Gasteiger partial charge is 0.335 e. The minimum absolute atomic E-state index is 0.0136. The van der Waals surface area contributed by atoms with Crippen molar-refractivity contribution in [2.75, 3.05) is 27.8 Å². The van der Waals surface area contributed by atoms with Crippen LogP contribution in [0.25, 0.3) is 0 Å². The van der Waals surface area contributed by atoms with Gasteiger partial charge in [0.15, 0.2) is 0 Å². The first-order chi connectivity index (χ1) is 13.6. The third-order valence-corrected chi connectivity index (χ3v) is 4.58. The Morgan fingerprint density at radius 2 is 2.00 bits per heavy atom. The maximum atomic E-state index is 14.4. The predicted octanol–water partition coefficient (Wildman–Crippen LogP) is 3.36. The van der Waals surface area contributed by atoms with Crippen molar-refractivity contribution >= 4 is 11.9 Å². The van der Waals surface area contributed by atoms with E-state index in [0.717, 1.165) is 6.07 Å². The van der Waals surface area contributed by atoms with Gasteiger partial charge in [0.25, 0.3) is 5.91 Å². The van der Waals surface area contributed by atoms with Crippen LogP contribution in [-0.2, 0) is 11.2 Å². The van der Waals surface area contributed by atoms with Crippen LogP contribution in [0.15, 0.2) is 30.3 Å². The molecule has 1 aliphatic rings. The topological polar surface area (TPSA) is 85.3 Å². The van der Waals surface area contributed by atoms with Crippen molar-refractivity contribution in [3.8, 4) is 17.2 Å². The lowest BCUT2D eigenvalue weighted by Crippen LogP contribution is -2.35. The number of halogens is 1. The summed E-state index contributed by atoms with van der Waals surface area (Å²) in [5.74, 6) is -1.55. The van der Waals surface area contributed by atoms with E-state index in [1.807, 2.05) is 6.92 Å². The maximum absolute atomic E-state index is 14.4. The first kappa shape index (κ1) is 20.6. The molecule has 0 saturated heterocycles. The fourth-order valence-electron chi connectivity index (χ4n) is 3.26. The SMILES string of the molecule is COCC1(C)Cc2c(Oc3ccc(C(=O)N(C)C)c(F)c3)cc(C(=O)O)cc2O1. The van der Waals surface area contributed by atoms with Gasteiger partial charge in [-0.25, -0.2) is 9.18 Å². The largest absolute Gasteiger partial charge is 0.484 e. The van der Waals surface area contributed by atoms with Crippen LogP contribution in [-0.4, -0.2) is 55.3 Å². The average molecular weight is 403 g/mol. The summed E-state index contributed by atoms with van der Waals surface area (Å²) in [5, 5.41) is 9.40. The molecule has 154 valence electrons. The van der Waals surface area contributed by atoms with E-state index in [4.69, 9.17) is 14.2 Å². The molecule has 1 N–H and O–H groups in total. The van der Waals surface area contributed by atoms with Crippen LogP contribution >= 0.6 is 0 Å². The van der Waals surface area contributed by atoms with E-state index in [0.29, 0.717) is 24.3 Å². The summed E-state index contributed by atoms with van der Waals surface area (Å²) in [7, 11) is 4.62. The van der Waals surface area contributed by atoms with Crippen LogP contribution < -0.4 is 9.47 Å². The molecule has 0 aromatic heterocycles. The molecule has 3 rings (SSSR count). The van der Waals surface area contributed by atoms with Crippen LogP contribution in [0.4, 0.5) is 4.39 Å². The molecule has 1 heterocycles. The zero-order chi connectivity index (χ0) is 21.3. The molecule has 7 nitrogen and oxygen atoms in total. The number of carboxylic acids is 1. The Labute approximate surface area is 167 Å². The predicted molar refractivity (Wildman–Crippen MR) is 103 cm³/mol. The summed E-state index contributed by atoms with van der Waals surface area (Å²) in [4.78, 5) is 24.8. The summed E-state index contributed by atoms with van der Waals surface area (Å²) in [6, 6.07) is 6.70. The number of carboxylic acid groups (broad SMARTS) is 1. The van der Waals surface area contributed by atoms with Crippen molar-refractivity contribution in [1.29, 1.82) is 0 Å². The van der Waals surface area contributed by atoms with Crippen LogP contribution in [0.3, 0.4) is 0 Å². The van der Waals surface area contributed by atoms with E-state index in [2.05, 4.69) is 0 Å². The Kier molecular flexibility index (Phi) is 5.48. The van der Waals surface area contributed by atoms with Gasteiger partial charge in [-0.1, -0.05) is 0 Å². The molecule has 29 heavy (non-hydrogen) atoms. The number of carbonyl (C=O) groups is 2. The van der Waals surface area contributed by atoms with Gasteiger partial charge in [-0.15, -0.1) is 0 Å². The van der Waals surface area contributed by atoms with Gasteiger partial charge >= 0.3 is 5.97 Å². The summed E-state index contributed by atoms with van der Waals surface area (Å²) < 4.78 is 31.3. The van der Waals surface area contributed by atoms with Crippen molar-refractivity contribution in [3.05, 3.63) is 52.8 Å². The standard InChI is InChI=1S/C21H22FNO6/c1-21(11-27-4)10-15-17(7-12(20(25)26)8-18(15)29-21)28-13-5-6-14(16(22)9-13)19(24)23(2)3/h5-9H,10-11H2,1-4H3,(H,25,26). The molecular formula is C21H22FNO6. The van der Waals surface area contributed by atoms with Crippen LogP contribution in [0.1, 0.15) is 33.2 Å². The van der Waals surface area contributed by atoms with Crippen LogP contribution in [0, 0.1) is 5.82 Å². The fraction of sp³-hybridized carbons (Fsp3) is 0.333. The quantitative estimate of drug-likeness (QED) is 0.796. The number of carbonyl (C=O) groups excluding carboxylic acids is 1. The number of amides is 1. The molecule has 1 aliphatic heterocycles. The highest BCUT2D eigenvalue weighted by Crippen LogP contribution is 2.43. The average Bonchev–Trinajstić information content (AvgIpc) is 2.97. The molecule has 0 fully saturated rings. The molecule has 8 heteroatoms. The lowest BCUT2D eigenvalue weighted by molar-refractivity contribution is 0.0204. The second-order valence-electron chi connectivity index (χ2n) is 7.36. The number of aromatic carboxylic acids is 1. The number of methoxy groups -OCH3 is 1. The molecule has 2 aromatic carbocycles. The number of hydrogen-bond acceptors (Lipinski definition) is 5. The van der Waals surface area contributed by atoms with Crippen molar-refractivity contribution in [1.82, 2.24) is 4.90 Å². The second kappa shape index (κ2) is 7.71. The van der Waals surface area contributed by atoms with E-state index in [1.165, 1.54) is 43.3 Å². The van der Waals surface area contributed by atoms with Gasteiger partial charge in [0.1, 0.15) is 28.7 Å². The Hall–Kier alpha value is -3.13. The van der Waals surface area contributed by atoms with Gasteiger partial charge in [0.05, 0.1) is 17.7 Å². The molecular weight excluding hydrogens is 381 g/mol. The van der Waals surface area contributed by atoms with Gasteiger partial charge in [-0.3, -0.25) is 4.79 Å². The van der Waals surface area contributed by atoms with E-state index in [9.17, 15) is 19.1 Å². The Balaban J connectivity index is 1.97. The second-order valence-corrected chi connectivity index (χ2v) is 7.36. The van der Waals surface area contributed by atoms with Crippen molar-refractivity contribution < 1.29 is 33.3 Å².